The standard InChI is InChI=1S/C17H22N4O3S/c1-13-6-5-7-14(19-13)11-18-17(22)16-10-15(12-20(16)2)25(23,24)21-8-3-4-9-21/h5-7,10,12H,3-4,8-9,11H2,1-2H3,(H,18,22). The Bertz CT molecular complexity index is 883. The molecule has 0 bridgehead atoms. The van der Waals surface area contributed by atoms with E-state index in [0.717, 1.165) is 24.2 Å². The van der Waals surface area contributed by atoms with Crippen molar-refractivity contribution in [1.82, 2.24) is 19.2 Å². The lowest BCUT2D eigenvalue weighted by Gasteiger charge is -2.13. The molecule has 0 radical (unpaired) electrons. The summed E-state index contributed by atoms with van der Waals surface area (Å²) in [7, 11) is -1.86. The largest absolute Gasteiger partial charge is 0.345 e. The lowest BCUT2D eigenvalue weighted by Crippen LogP contribution is -2.27. The van der Waals surface area contributed by atoms with Gasteiger partial charge in [0, 0.05) is 32.0 Å². The minimum Gasteiger partial charge on any atom is -0.345 e. The molecule has 7 nitrogen and oxygen atoms in total. The molecule has 8 heteroatoms. The molecule has 0 unspecified atom stereocenters. The smallest absolute Gasteiger partial charge is 0.268 e. The maximum absolute atomic E-state index is 12.6. The van der Waals surface area contributed by atoms with Crippen LogP contribution < -0.4 is 5.32 Å². The Morgan fingerprint density at radius 2 is 2.00 bits per heavy atom. The Kier molecular flexibility index (Phi) is 4.91. The van der Waals surface area contributed by atoms with E-state index < -0.39 is 10.0 Å². The Hall–Kier alpha value is -2.19. The van der Waals surface area contributed by atoms with E-state index in [0.29, 0.717) is 25.3 Å². The highest BCUT2D eigenvalue weighted by molar-refractivity contribution is 7.89. The van der Waals surface area contributed by atoms with E-state index >= 15 is 0 Å². The first kappa shape index (κ1) is 17.6. The Morgan fingerprint density at radius 1 is 1.28 bits per heavy atom. The first-order valence-corrected chi connectivity index (χ1v) is 9.69. The molecule has 1 saturated heterocycles. The van der Waals surface area contributed by atoms with Crippen molar-refractivity contribution in [2.75, 3.05) is 13.1 Å². The Balaban J connectivity index is 1.74. The molecule has 2 aromatic rings. The summed E-state index contributed by atoms with van der Waals surface area (Å²) in [4.78, 5) is 16.9. The highest BCUT2D eigenvalue weighted by Gasteiger charge is 2.29. The van der Waals surface area contributed by atoms with Gasteiger partial charge in [0.15, 0.2) is 0 Å². The number of carbonyl (C=O) groups is 1. The average molecular weight is 362 g/mol. The van der Waals surface area contributed by atoms with Crippen molar-refractivity contribution in [1.29, 1.82) is 0 Å². The van der Waals surface area contributed by atoms with Crippen LogP contribution in [0.5, 0.6) is 0 Å². The van der Waals surface area contributed by atoms with Gasteiger partial charge in [-0.25, -0.2) is 8.42 Å². The monoisotopic (exact) mass is 362 g/mol. The minimum atomic E-state index is -3.53. The van der Waals surface area contributed by atoms with Gasteiger partial charge in [0.05, 0.1) is 12.2 Å². The molecule has 3 heterocycles. The van der Waals surface area contributed by atoms with Crippen LogP contribution in [0.15, 0.2) is 35.4 Å². The second-order valence-corrected chi connectivity index (χ2v) is 8.17. The summed E-state index contributed by atoms with van der Waals surface area (Å²) in [6.07, 6.45) is 3.25. The van der Waals surface area contributed by atoms with Crippen molar-refractivity contribution < 1.29 is 13.2 Å². The predicted molar refractivity (Wildman–Crippen MR) is 93.6 cm³/mol. The molecule has 0 atom stereocenters. The minimum absolute atomic E-state index is 0.163. The van der Waals surface area contributed by atoms with Crippen molar-refractivity contribution >= 4 is 15.9 Å². The molecule has 1 N–H and O–H groups in total. The van der Waals surface area contributed by atoms with Crippen molar-refractivity contribution in [3.05, 3.63) is 47.5 Å². The molecule has 0 spiro atoms. The highest BCUT2D eigenvalue weighted by atomic mass is 32.2. The number of hydrogen-bond acceptors (Lipinski definition) is 4. The van der Waals surface area contributed by atoms with Gasteiger partial charge in [0.1, 0.15) is 10.6 Å². The first-order valence-electron chi connectivity index (χ1n) is 8.25. The van der Waals surface area contributed by atoms with Gasteiger partial charge in [0.25, 0.3) is 5.91 Å². The van der Waals surface area contributed by atoms with Crippen LogP contribution in [0.2, 0.25) is 0 Å². The van der Waals surface area contributed by atoms with E-state index in [1.165, 1.54) is 16.6 Å². The summed E-state index contributed by atoms with van der Waals surface area (Å²) >= 11 is 0. The lowest BCUT2D eigenvalue weighted by molar-refractivity contribution is 0.0942. The number of aryl methyl sites for hydroxylation is 2. The fourth-order valence-electron chi connectivity index (χ4n) is 2.94. The normalized spacial score (nSPS) is 15.4. The van der Waals surface area contributed by atoms with Crippen LogP contribution in [0.3, 0.4) is 0 Å². The topological polar surface area (TPSA) is 84.3 Å². The SMILES string of the molecule is Cc1cccc(CNC(=O)c2cc(S(=O)(=O)N3CCCC3)cn2C)n1. The number of hydrogen-bond donors (Lipinski definition) is 1. The van der Waals surface area contributed by atoms with Gasteiger partial charge in [-0.05, 0) is 38.0 Å². The molecule has 1 aliphatic rings. The van der Waals surface area contributed by atoms with Crippen LogP contribution in [-0.2, 0) is 23.6 Å². The second kappa shape index (κ2) is 6.97. The molecular formula is C17H22N4O3S. The number of carbonyl (C=O) groups excluding carboxylic acids is 1. The fraction of sp³-hybridized carbons (Fsp3) is 0.412. The lowest BCUT2D eigenvalue weighted by atomic mass is 10.3. The number of rotatable bonds is 5. The summed E-state index contributed by atoms with van der Waals surface area (Å²) in [5, 5.41) is 2.79. The number of nitrogens with one attached hydrogen (secondary N) is 1. The molecule has 0 aromatic carbocycles. The van der Waals surface area contributed by atoms with E-state index in [2.05, 4.69) is 10.3 Å². The number of amides is 1. The summed E-state index contributed by atoms with van der Waals surface area (Å²) in [5.74, 6) is -0.325. The number of nitrogens with zero attached hydrogens (tertiary/aromatic N) is 3. The van der Waals surface area contributed by atoms with Crippen LogP contribution in [0.4, 0.5) is 0 Å². The van der Waals surface area contributed by atoms with Crippen molar-refractivity contribution in [2.24, 2.45) is 7.05 Å². The number of pyridine rings is 1. The maximum atomic E-state index is 12.6. The molecule has 1 amide bonds. The molecule has 1 aliphatic heterocycles. The van der Waals surface area contributed by atoms with Crippen LogP contribution >= 0.6 is 0 Å². The summed E-state index contributed by atoms with van der Waals surface area (Å²) in [6.45, 7) is 3.26. The summed E-state index contributed by atoms with van der Waals surface area (Å²) < 4.78 is 28.2. The van der Waals surface area contributed by atoms with E-state index in [4.69, 9.17) is 0 Å². The van der Waals surface area contributed by atoms with Crippen molar-refractivity contribution in [3.63, 3.8) is 0 Å². The van der Waals surface area contributed by atoms with Crippen LogP contribution in [0, 0.1) is 6.92 Å². The quantitative estimate of drug-likeness (QED) is 0.872. The molecule has 1 fully saturated rings. The van der Waals surface area contributed by atoms with E-state index in [1.54, 1.807) is 11.6 Å². The van der Waals surface area contributed by atoms with E-state index in [9.17, 15) is 13.2 Å². The maximum Gasteiger partial charge on any atom is 0.268 e. The Labute approximate surface area is 147 Å². The van der Waals surface area contributed by atoms with Gasteiger partial charge in [-0.1, -0.05) is 6.07 Å². The van der Waals surface area contributed by atoms with Gasteiger partial charge in [-0.3, -0.25) is 9.78 Å². The summed E-state index contributed by atoms with van der Waals surface area (Å²) in [6, 6.07) is 7.04. The molecule has 0 aliphatic carbocycles. The summed E-state index contributed by atoms with van der Waals surface area (Å²) in [5.41, 5.74) is 1.95. The van der Waals surface area contributed by atoms with Crippen molar-refractivity contribution in [2.45, 2.75) is 31.2 Å². The van der Waals surface area contributed by atoms with Crippen LogP contribution in [-0.4, -0.2) is 41.3 Å². The molecule has 3 rings (SSSR count). The highest BCUT2D eigenvalue weighted by Crippen LogP contribution is 2.22. The molecular weight excluding hydrogens is 340 g/mol. The van der Waals surface area contributed by atoms with Gasteiger partial charge in [-0.15, -0.1) is 0 Å². The third-order valence-electron chi connectivity index (χ3n) is 4.29. The third-order valence-corrected chi connectivity index (χ3v) is 6.16. The molecule has 2 aromatic heterocycles. The van der Waals surface area contributed by atoms with Gasteiger partial charge >= 0.3 is 0 Å². The van der Waals surface area contributed by atoms with E-state index in [-0.39, 0.29) is 10.8 Å². The van der Waals surface area contributed by atoms with Gasteiger partial charge < -0.3 is 9.88 Å². The van der Waals surface area contributed by atoms with Gasteiger partial charge in [-0.2, -0.15) is 4.31 Å². The predicted octanol–water partition coefficient (Wildman–Crippen LogP) is 1.44. The Morgan fingerprint density at radius 3 is 2.68 bits per heavy atom. The van der Waals surface area contributed by atoms with Crippen molar-refractivity contribution in [3.8, 4) is 0 Å². The zero-order valence-corrected chi connectivity index (χ0v) is 15.2. The molecule has 0 saturated carbocycles. The average Bonchev–Trinajstić information content (AvgIpc) is 3.23. The first-order chi connectivity index (χ1) is 11.9. The number of aromatic nitrogens is 2. The van der Waals surface area contributed by atoms with Gasteiger partial charge in [0.2, 0.25) is 10.0 Å². The number of sulfonamides is 1. The van der Waals surface area contributed by atoms with E-state index in [1.807, 2.05) is 25.1 Å². The fourth-order valence-corrected chi connectivity index (χ4v) is 4.53. The van der Waals surface area contributed by atoms with Crippen LogP contribution in [0.25, 0.3) is 0 Å². The third kappa shape index (κ3) is 3.74. The second-order valence-electron chi connectivity index (χ2n) is 6.24. The van der Waals surface area contributed by atoms with Crippen LogP contribution in [0.1, 0.15) is 34.7 Å². The zero-order valence-electron chi connectivity index (χ0n) is 14.4. The zero-order chi connectivity index (χ0) is 18.0. The molecule has 25 heavy (non-hydrogen) atoms. The molecule has 134 valence electrons.